The Morgan fingerprint density at radius 3 is 2.41 bits per heavy atom. The second-order valence-corrected chi connectivity index (χ2v) is 9.69. The van der Waals surface area contributed by atoms with Crippen molar-refractivity contribution in [1.82, 2.24) is 25.0 Å². The van der Waals surface area contributed by atoms with E-state index in [1.54, 1.807) is 0 Å². The normalized spacial score (nSPS) is 13.5. The lowest BCUT2D eigenvalue weighted by Gasteiger charge is -2.25. The van der Waals surface area contributed by atoms with Crippen molar-refractivity contribution >= 4 is 15.7 Å². The van der Waals surface area contributed by atoms with Crippen LogP contribution in [0.3, 0.4) is 0 Å². The third-order valence-corrected chi connectivity index (χ3v) is 7.23. The summed E-state index contributed by atoms with van der Waals surface area (Å²) in [6.07, 6.45) is 3.98. The highest BCUT2D eigenvalue weighted by atomic mass is 32.2. The Balaban J connectivity index is 1.91. The second kappa shape index (κ2) is 8.59. The summed E-state index contributed by atoms with van der Waals surface area (Å²) >= 11 is 0. The van der Waals surface area contributed by atoms with Crippen LogP contribution in [0.2, 0.25) is 0 Å². The number of nitrogens with one attached hydrogen (secondary N) is 1. The third kappa shape index (κ3) is 4.29. The lowest BCUT2D eigenvalue weighted by atomic mass is 10.0. The molecular formula is C19H19F2N5O5S. The van der Waals surface area contributed by atoms with E-state index in [2.05, 4.69) is 10.2 Å². The molecule has 32 heavy (non-hydrogen) atoms. The number of carbonyl (C=O) groups excluding carboxylic acids is 1. The van der Waals surface area contributed by atoms with Crippen LogP contribution < -0.4 is 11.0 Å². The number of sulfone groups is 1. The number of halogens is 2. The van der Waals surface area contributed by atoms with E-state index in [4.69, 9.17) is 5.21 Å². The number of carbonyl (C=O) groups is 1. The Hall–Kier alpha value is -3.45. The summed E-state index contributed by atoms with van der Waals surface area (Å²) < 4.78 is 52.1. The lowest BCUT2D eigenvalue weighted by Crippen LogP contribution is -2.50. The molecule has 0 radical (unpaired) electrons. The molecule has 1 amide bonds. The van der Waals surface area contributed by atoms with Crippen molar-refractivity contribution in [1.29, 1.82) is 0 Å². The summed E-state index contributed by atoms with van der Waals surface area (Å²) in [6.45, 7) is 0.758. The molecule has 0 aliphatic heterocycles. The van der Waals surface area contributed by atoms with Gasteiger partial charge >= 0.3 is 0 Å². The van der Waals surface area contributed by atoms with E-state index < -0.39 is 44.1 Å². The molecule has 0 saturated heterocycles. The number of rotatable bonds is 7. The van der Waals surface area contributed by atoms with Crippen LogP contribution in [-0.4, -0.2) is 50.1 Å². The zero-order chi connectivity index (χ0) is 23.7. The van der Waals surface area contributed by atoms with Crippen LogP contribution in [0.15, 0.2) is 47.7 Å². The fourth-order valence-corrected chi connectivity index (χ4v) is 3.88. The SMILES string of the molecule is C[C@@](CCn1cc(F)c(-c2ccc(-n3nccn3)c(F)c2)cc1=O)(C(=O)NO)S(C)(=O)=O. The van der Waals surface area contributed by atoms with Gasteiger partial charge in [-0.05, 0) is 31.0 Å². The zero-order valence-corrected chi connectivity index (χ0v) is 17.8. The van der Waals surface area contributed by atoms with Gasteiger partial charge < -0.3 is 4.57 Å². The standard InChI is InChI=1S/C19H19F2N5O5S/c1-19(18(28)24-29,32(2,30)31)5-8-25-11-15(21)13(10-17(25)27)12-3-4-16(14(20)9-12)26-22-6-7-23-26/h3-4,6-7,9-11,29H,5,8H2,1-2H3,(H,24,28)/t19-/m1/s1. The first-order valence-electron chi connectivity index (χ1n) is 9.18. The summed E-state index contributed by atoms with van der Waals surface area (Å²) in [5.41, 5.74) is 0.577. The van der Waals surface area contributed by atoms with Crippen LogP contribution in [0.25, 0.3) is 16.8 Å². The molecule has 3 aromatic rings. The monoisotopic (exact) mass is 467 g/mol. The van der Waals surface area contributed by atoms with Gasteiger partial charge in [0.05, 0.1) is 12.4 Å². The number of nitrogens with zero attached hydrogens (tertiary/aromatic N) is 4. The van der Waals surface area contributed by atoms with E-state index in [-0.39, 0.29) is 23.4 Å². The Labute approximate surface area is 181 Å². The number of aromatic nitrogens is 4. The maximum Gasteiger partial charge on any atom is 0.264 e. The first-order chi connectivity index (χ1) is 15.0. The summed E-state index contributed by atoms with van der Waals surface area (Å²) in [5, 5.41) is 16.5. The highest BCUT2D eigenvalue weighted by Gasteiger charge is 2.43. The molecule has 3 rings (SSSR count). The van der Waals surface area contributed by atoms with Crippen LogP contribution in [0.1, 0.15) is 13.3 Å². The van der Waals surface area contributed by atoms with Gasteiger partial charge in [-0.15, -0.1) is 4.80 Å². The molecule has 0 fully saturated rings. The molecule has 170 valence electrons. The Morgan fingerprint density at radius 1 is 1.19 bits per heavy atom. The van der Waals surface area contributed by atoms with Crippen LogP contribution in [0, 0.1) is 11.6 Å². The van der Waals surface area contributed by atoms with Gasteiger partial charge in [-0.1, -0.05) is 6.07 Å². The Morgan fingerprint density at radius 2 is 1.84 bits per heavy atom. The second-order valence-electron chi connectivity index (χ2n) is 7.25. The molecule has 0 bridgehead atoms. The molecule has 0 aliphatic rings. The molecule has 0 unspecified atom stereocenters. The summed E-state index contributed by atoms with van der Waals surface area (Å²) in [7, 11) is -3.98. The fraction of sp³-hybridized carbons (Fsp3) is 0.263. The fourth-order valence-electron chi connectivity index (χ4n) is 3.04. The zero-order valence-electron chi connectivity index (χ0n) is 17.0. The first-order valence-corrected chi connectivity index (χ1v) is 11.1. The smallest absolute Gasteiger partial charge is 0.264 e. The van der Waals surface area contributed by atoms with Crippen LogP contribution in [-0.2, 0) is 21.2 Å². The van der Waals surface area contributed by atoms with Gasteiger partial charge in [-0.25, -0.2) is 22.7 Å². The van der Waals surface area contributed by atoms with Gasteiger partial charge in [-0.3, -0.25) is 14.8 Å². The number of benzene rings is 1. The quantitative estimate of drug-likeness (QED) is 0.392. The molecule has 2 heterocycles. The number of amides is 1. The van der Waals surface area contributed by atoms with Gasteiger partial charge in [-0.2, -0.15) is 10.2 Å². The number of hydroxylamine groups is 1. The average Bonchev–Trinajstić information content (AvgIpc) is 3.26. The van der Waals surface area contributed by atoms with Crippen LogP contribution >= 0.6 is 0 Å². The predicted octanol–water partition coefficient (Wildman–Crippen LogP) is 1.07. The molecule has 2 N–H and O–H groups in total. The van der Waals surface area contributed by atoms with Gasteiger partial charge in [0.2, 0.25) is 0 Å². The van der Waals surface area contributed by atoms with Crippen molar-refractivity contribution < 1.29 is 27.2 Å². The van der Waals surface area contributed by atoms with Gasteiger partial charge in [0, 0.05) is 30.6 Å². The lowest BCUT2D eigenvalue weighted by molar-refractivity contribution is -0.131. The van der Waals surface area contributed by atoms with Gasteiger partial charge in [0.1, 0.15) is 11.5 Å². The van der Waals surface area contributed by atoms with E-state index >= 15 is 0 Å². The van der Waals surface area contributed by atoms with Crippen molar-refractivity contribution in [3.63, 3.8) is 0 Å². The van der Waals surface area contributed by atoms with E-state index in [0.717, 1.165) is 40.9 Å². The minimum absolute atomic E-state index is 0.0368. The van der Waals surface area contributed by atoms with Crippen molar-refractivity contribution in [2.24, 2.45) is 0 Å². The average molecular weight is 467 g/mol. The highest BCUT2D eigenvalue weighted by molar-refractivity contribution is 7.92. The van der Waals surface area contributed by atoms with Gasteiger partial charge in [0.15, 0.2) is 20.4 Å². The molecule has 1 atom stereocenters. The minimum atomic E-state index is -3.98. The van der Waals surface area contributed by atoms with Crippen LogP contribution in [0.5, 0.6) is 0 Å². The largest absolute Gasteiger partial charge is 0.312 e. The molecule has 1 aromatic carbocycles. The van der Waals surface area contributed by atoms with Crippen molar-refractivity contribution in [2.75, 3.05) is 6.26 Å². The number of hydrogen-bond acceptors (Lipinski definition) is 7. The molecule has 13 heteroatoms. The summed E-state index contributed by atoms with van der Waals surface area (Å²) in [4.78, 5) is 25.4. The van der Waals surface area contributed by atoms with Gasteiger partial charge in [0.25, 0.3) is 11.5 Å². The molecule has 0 spiro atoms. The highest BCUT2D eigenvalue weighted by Crippen LogP contribution is 2.26. The predicted molar refractivity (Wildman–Crippen MR) is 109 cm³/mol. The summed E-state index contributed by atoms with van der Waals surface area (Å²) in [6, 6.07) is 4.71. The number of pyridine rings is 1. The van der Waals surface area contributed by atoms with Crippen molar-refractivity contribution in [3.8, 4) is 16.8 Å². The molecule has 0 aliphatic carbocycles. The third-order valence-electron chi connectivity index (χ3n) is 5.20. The van der Waals surface area contributed by atoms with Crippen LogP contribution in [0.4, 0.5) is 8.78 Å². The first kappa shape index (κ1) is 23.2. The maximum absolute atomic E-state index is 14.8. The topological polar surface area (TPSA) is 136 Å². The van der Waals surface area contributed by atoms with E-state index in [0.29, 0.717) is 0 Å². The number of hydrogen-bond donors (Lipinski definition) is 2. The molecule has 0 saturated carbocycles. The summed E-state index contributed by atoms with van der Waals surface area (Å²) in [5.74, 6) is -2.77. The molecule has 2 aromatic heterocycles. The molecular weight excluding hydrogens is 448 g/mol. The van der Waals surface area contributed by atoms with E-state index in [1.807, 2.05) is 0 Å². The minimum Gasteiger partial charge on any atom is -0.312 e. The van der Waals surface area contributed by atoms with Crippen molar-refractivity contribution in [2.45, 2.75) is 24.6 Å². The Kier molecular flexibility index (Phi) is 6.23. The van der Waals surface area contributed by atoms with E-state index in [1.165, 1.54) is 30.0 Å². The van der Waals surface area contributed by atoms with Crippen molar-refractivity contribution in [3.05, 3.63) is 64.8 Å². The number of aryl methyl sites for hydroxylation is 1. The maximum atomic E-state index is 14.8. The Bertz CT molecular complexity index is 1320. The van der Waals surface area contributed by atoms with E-state index in [9.17, 15) is 26.8 Å². The molecule has 10 nitrogen and oxygen atoms in total.